The summed E-state index contributed by atoms with van der Waals surface area (Å²) in [6.45, 7) is 5.18. The van der Waals surface area contributed by atoms with Gasteiger partial charge in [-0.3, -0.25) is 0 Å². The van der Waals surface area contributed by atoms with Crippen molar-refractivity contribution in [2.24, 2.45) is 5.41 Å². The topological polar surface area (TPSA) is 12.0 Å². The van der Waals surface area contributed by atoms with E-state index in [2.05, 4.69) is 19.2 Å². The monoisotopic (exact) mass is 213 g/mol. The lowest BCUT2D eigenvalue weighted by Crippen LogP contribution is -2.52. The minimum absolute atomic E-state index is 0.111. The zero-order chi connectivity index (χ0) is 10.3. The van der Waals surface area contributed by atoms with Gasteiger partial charge in [0.2, 0.25) is 0 Å². The van der Waals surface area contributed by atoms with E-state index in [9.17, 15) is 4.39 Å². The molecule has 1 aromatic carbocycles. The van der Waals surface area contributed by atoms with Gasteiger partial charge in [-0.1, -0.05) is 31.5 Å². The number of rotatable bonds is 1. The minimum Gasteiger partial charge on any atom is -0.309 e. The van der Waals surface area contributed by atoms with Crippen molar-refractivity contribution in [2.75, 3.05) is 6.54 Å². The zero-order valence-electron chi connectivity index (χ0n) is 8.27. The Hall–Kier alpha value is -0.600. The Morgan fingerprint density at radius 2 is 2.21 bits per heavy atom. The lowest BCUT2D eigenvalue weighted by Gasteiger charge is -2.46. The largest absolute Gasteiger partial charge is 0.309 e. The predicted molar refractivity (Wildman–Crippen MR) is 55.9 cm³/mol. The Balaban J connectivity index is 2.33. The van der Waals surface area contributed by atoms with Crippen LogP contribution in [-0.4, -0.2) is 6.54 Å². The van der Waals surface area contributed by atoms with Gasteiger partial charge in [-0.25, -0.2) is 4.39 Å². The number of halogens is 2. The molecular formula is C11H13ClFN. The van der Waals surface area contributed by atoms with Crippen LogP contribution in [0, 0.1) is 11.2 Å². The van der Waals surface area contributed by atoms with Crippen LogP contribution < -0.4 is 5.32 Å². The van der Waals surface area contributed by atoms with Gasteiger partial charge in [0.25, 0.3) is 0 Å². The van der Waals surface area contributed by atoms with Gasteiger partial charge >= 0.3 is 0 Å². The van der Waals surface area contributed by atoms with Crippen LogP contribution >= 0.6 is 11.6 Å². The highest BCUT2D eigenvalue weighted by atomic mass is 35.5. The molecule has 3 heteroatoms. The van der Waals surface area contributed by atoms with E-state index in [1.54, 1.807) is 12.1 Å². The van der Waals surface area contributed by atoms with Crippen molar-refractivity contribution < 1.29 is 4.39 Å². The fraction of sp³-hybridized carbons (Fsp3) is 0.455. The van der Waals surface area contributed by atoms with Crippen molar-refractivity contribution in [3.8, 4) is 0 Å². The standard InChI is InChI=1S/C11H13ClFN/c1-11(2)6-14-10(11)8-4-3-7(12)5-9(8)13/h3-5,10,14H,6H2,1-2H3. The van der Waals surface area contributed by atoms with Crippen LogP contribution in [0.25, 0.3) is 0 Å². The molecule has 0 aliphatic carbocycles. The second-order valence-corrected chi connectivity index (χ2v) is 4.90. The van der Waals surface area contributed by atoms with Crippen molar-refractivity contribution in [1.29, 1.82) is 0 Å². The van der Waals surface area contributed by atoms with Crippen LogP contribution in [0.5, 0.6) is 0 Å². The van der Waals surface area contributed by atoms with Crippen molar-refractivity contribution in [3.63, 3.8) is 0 Å². The first kappa shape index (κ1) is 9.94. The first-order valence-electron chi connectivity index (χ1n) is 4.69. The van der Waals surface area contributed by atoms with Crippen LogP contribution in [0.3, 0.4) is 0 Å². The molecule has 1 unspecified atom stereocenters. The van der Waals surface area contributed by atoms with E-state index in [4.69, 9.17) is 11.6 Å². The third-order valence-electron chi connectivity index (χ3n) is 2.82. The Morgan fingerprint density at radius 3 is 2.64 bits per heavy atom. The molecule has 1 atom stereocenters. The highest BCUT2D eigenvalue weighted by Crippen LogP contribution is 2.41. The van der Waals surface area contributed by atoms with E-state index in [0.29, 0.717) is 10.6 Å². The second kappa shape index (κ2) is 3.21. The summed E-state index contributed by atoms with van der Waals surface area (Å²) in [6.07, 6.45) is 0. The molecule has 1 nitrogen and oxygen atoms in total. The SMILES string of the molecule is CC1(C)CNC1c1ccc(Cl)cc1F. The van der Waals surface area contributed by atoms with Gasteiger partial charge in [-0.15, -0.1) is 0 Å². The highest BCUT2D eigenvalue weighted by molar-refractivity contribution is 6.30. The molecule has 14 heavy (non-hydrogen) atoms. The predicted octanol–water partition coefficient (Wildman–Crippen LogP) is 3.15. The molecule has 76 valence electrons. The van der Waals surface area contributed by atoms with Crippen LogP contribution in [0.4, 0.5) is 4.39 Å². The summed E-state index contributed by atoms with van der Waals surface area (Å²) >= 11 is 5.69. The number of benzene rings is 1. The van der Waals surface area contributed by atoms with Crippen molar-refractivity contribution in [3.05, 3.63) is 34.6 Å². The van der Waals surface area contributed by atoms with E-state index in [0.717, 1.165) is 6.54 Å². The van der Waals surface area contributed by atoms with Gasteiger partial charge in [0, 0.05) is 23.2 Å². The summed E-state index contributed by atoms with van der Waals surface area (Å²) in [6, 6.07) is 4.97. The quantitative estimate of drug-likeness (QED) is 0.756. The fourth-order valence-electron chi connectivity index (χ4n) is 1.88. The smallest absolute Gasteiger partial charge is 0.129 e. The average Bonchev–Trinajstić information content (AvgIpc) is 2.08. The number of nitrogens with one attached hydrogen (secondary N) is 1. The molecule has 0 aromatic heterocycles. The normalized spacial score (nSPS) is 24.4. The Morgan fingerprint density at radius 1 is 1.50 bits per heavy atom. The molecule has 0 saturated carbocycles. The van der Waals surface area contributed by atoms with Crippen LogP contribution in [0.1, 0.15) is 25.5 Å². The summed E-state index contributed by atoms with van der Waals surface area (Å²) in [5, 5.41) is 3.68. The Labute approximate surface area is 88.3 Å². The van der Waals surface area contributed by atoms with Gasteiger partial charge < -0.3 is 5.32 Å². The van der Waals surface area contributed by atoms with E-state index in [1.807, 2.05) is 0 Å². The molecule has 0 radical (unpaired) electrons. The Bertz CT molecular complexity index is 362. The first-order valence-corrected chi connectivity index (χ1v) is 5.07. The fourth-order valence-corrected chi connectivity index (χ4v) is 2.04. The lowest BCUT2D eigenvalue weighted by atomic mass is 9.74. The van der Waals surface area contributed by atoms with Gasteiger partial charge in [-0.2, -0.15) is 0 Å². The molecule has 0 amide bonds. The molecule has 1 heterocycles. The minimum atomic E-state index is -0.220. The number of hydrogen-bond donors (Lipinski definition) is 1. The van der Waals surface area contributed by atoms with Gasteiger partial charge in [-0.05, 0) is 17.5 Å². The number of hydrogen-bond acceptors (Lipinski definition) is 1. The maximum Gasteiger partial charge on any atom is 0.129 e. The first-order chi connectivity index (χ1) is 6.50. The average molecular weight is 214 g/mol. The zero-order valence-corrected chi connectivity index (χ0v) is 9.03. The third-order valence-corrected chi connectivity index (χ3v) is 3.05. The highest BCUT2D eigenvalue weighted by Gasteiger charge is 2.40. The molecule has 0 spiro atoms. The van der Waals surface area contributed by atoms with E-state index in [-0.39, 0.29) is 17.3 Å². The molecule has 1 aromatic rings. The molecule has 0 bridgehead atoms. The molecule has 1 fully saturated rings. The maximum absolute atomic E-state index is 13.5. The van der Waals surface area contributed by atoms with Crippen LogP contribution in [0.15, 0.2) is 18.2 Å². The summed E-state index contributed by atoms with van der Waals surface area (Å²) in [5.41, 5.74) is 0.847. The summed E-state index contributed by atoms with van der Waals surface area (Å²) < 4.78 is 13.5. The summed E-state index contributed by atoms with van der Waals surface area (Å²) in [4.78, 5) is 0. The van der Waals surface area contributed by atoms with E-state index >= 15 is 0 Å². The van der Waals surface area contributed by atoms with Crippen molar-refractivity contribution >= 4 is 11.6 Å². The molecule has 2 rings (SSSR count). The molecule has 1 aliphatic heterocycles. The van der Waals surface area contributed by atoms with Crippen molar-refractivity contribution in [2.45, 2.75) is 19.9 Å². The second-order valence-electron chi connectivity index (χ2n) is 4.47. The third kappa shape index (κ3) is 1.53. The van der Waals surface area contributed by atoms with E-state index in [1.165, 1.54) is 6.07 Å². The van der Waals surface area contributed by atoms with Gasteiger partial charge in [0.1, 0.15) is 5.82 Å². The summed E-state index contributed by atoms with van der Waals surface area (Å²) in [5.74, 6) is -0.220. The van der Waals surface area contributed by atoms with Crippen LogP contribution in [0.2, 0.25) is 5.02 Å². The Kier molecular flexibility index (Phi) is 2.28. The van der Waals surface area contributed by atoms with Crippen molar-refractivity contribution in [1.82, 2.24) is 5.32 Å². The van der Waals surface area contributed by atoms with Gasteiger partial charge in [0.05, 0.1) is 0 Å². The van der Waals surface area contributed by atoms with E-state index < -0.39 is 0 Å². The molecular weight excluding hydrogens is 201 g/mol. The van der Waals surface area contributed by atoms with Gasteiger partial charge in [0.15, 0.2) is 0 Å². The lowest BCUT2D eigenvalue weighted by molar-refractivity contribution is 0.125. The molecule has 1 saturated heterocycles. The molecule has 1 aliphatic rings. The van der Waals surface area contributed by atoms with Crippen LogP contribution in [-0.2, 0) is 0 Å². The maximum atomic E-state index is 13.5. The molecule has 1 N–H and O–H groups in total. The summed E-state index contributed by atoms with van der Waals surface area (Å²) in [7, 11) is 0.